The zero-order valence-electron chi connectivity index (χ0n) is 16.0. The maximum atomic E-state index is 13.6. The minimum Gasteiger partial charge on any atom is -0.351 e. The molecule has 8 heteroatoms. The number of piperidine rings is 1. The second kappa shape index (κ2) is 9.73. The number of carbonyl (C=O) groups is 1. The summed E-state index contributed by atoms with van der Waals surface area (Å²) in [5, 5.41) is 10.2. The van der Waals surface area contributed by atoms with Gasteiger partial charge in [-0.15, -0.1) is 0 Å². The van der Waals surface area contributed by atoms with Crippen LogP contribution in [0.15, 0.2) is 22.7 Å². The van der Waals surface area contributed by atoms with Crippen LogP contribution in [0.25, 0.3) is 0 Å². The van der Waals surface area contributed by atoms with Gasteiger partial charge in [0.05, 0.1) is 0 Å². The molecule has 2 unspecified atom stereocenters. The average Bonchev–Trinajstić information content (AvgIpc) is 3.12. The number of aryl methyl sites for hydroxylation is 2. The molecule has 1 amide bonds. The van der Waals surface area contributed by atoms with Crippen LogP contribution in [0.5, 0.6) is 0 Å². The van der Waals surface area contributed by atoms with E-state index in [1.807, 2.05) is 6.92 Å². The second-order valence-corrected chi connectivity index (χ2v) is 7.15. The van der Waals surface area contributed by atoms with E-state index in [0.29, 0.717) is 43.1 Å². The van der Waals surface area contributed by atoms with E-state index in [0.717, 1.165) is 31.9 Å². The SMILES string of the molecule is CCCc1noc(CCCC(=O)NC2CNCCC2c2ccc(F)c(F)c2)n1. The number of hydrogen-bond acceptors (Lipinski definition) is 5. The summed E-state index contributed by atoms with van der Waals surface area (Å²) in [6, 6.07) is 3.80. The van der Waals surface area contributed by atoms with Crippen molar-refractivity contribution in [3.05, 3.63) is 47.1 Å². The van der Waals surface area contributed by atoms with Crippen molar-refractivity contribution >= 4 is 5.91 Å². The monoisotopic (exact) mass is 392 g/mol. The Labute approximate surface area is 163 Å². The molecule has 28 heavy (non-hydrogen) atoms. The van der Waals surface area contributed by atoms with Gasteiger partial charge in [0.2, 0.25) is 11.8 Å². The molecule has 0 bridgehead atoms. The molecule has 1 fully saturated rings. The van der Waals surface area contributed by atoms with Crippen molar-refractivity contribution in [3.8, 4) is 0 Å². The van der Waals surface area contributed by atoms with E-state index in [4.69, 9.17) is 4.52 Å². The average molecular weight is 392 g/mol. The molecule has 2 N–H and O–H groups in total. The smallest absolute Gasteiger partial charge is 0.226 e. The van der Waals surface area contributed by atoms with Gasteiger partial charge in [-0.3, -0.25) is 4.79 Å². The summed E-state index contributed by atoms with van der Waals surface area (Å²) >= 11 is 0. The van der Waals surface area contributed by atoms with Crippen LogP contribution in [0.1, 0.15) is 55.8 Å². The normalized spacial score (nSPS) is 19.5. The number of aromatic nitrogens is 2. The van der Waals surface area contributed by atoms with E-state index in [1.165, 1.54) is 6.07 Å². The third kappa shape index (κ3) is 5.34. The number of halogens is 2. The summed E-state index contributed by atoms with van der Waals surface area (Å²) in [7, 11) is 0. The van der Waals surface area contributed by atoms with Crippen molar-refractivity contribution in [2.75, 3.05) is 13.1 Å². The van der Waals surface area contributed by atoms with Gasteiger partial charge >= 0.3 is 0 Å². The van der Waals surface area contributed by atoms with Gasteiger partial charge < -0.3 is 15.2 Å². The molecule has 1 aliphatic heterocycles. The maximum Gasteiger partial charge on any atom is 0.226 e. The number of nitrogens with zero attached hydrogens (tertiary/aromatic N) is 2. The number of nitrogens with one attached hydrogen (secondary N) is 2. The Morgan fingerprint density at radius 1 is 1.32 bits per heavy atom. The number of amides is 1. The van der Waals surface area contributed by atoms with Gasteiger partial charge in [-0.1, -0.05) is 18.1 Å². The largest absolute Gasteiger partial charge is 0.351 e. The Hall–Kier alpha value is -2.35. The highest BCUT2D eigenvalue weighted by atomic mass is 19.2. The predicted molar refractivity (Wildman–Crippen MR) is 99.7 cm³/mol. The van der Waals surface area contributed by atoms with E-state index in [9.17, 15) is 13.6 Å². The van der Waals surface area contributed by atoms with Gasteiger partial charge in [0, 0.05) is 37.8 Å². The molecule has 0 spiro atoms. The first-order valence-corrected chi connectivity index (χ1v) is 9.83. The van der Waals surface area contributed by atoms with E-state index < -0.39 is 11.6 Å². The van der Waals surface area contributed by atoms with Gasteiger partial charge in [-0.2, -0.15) is 4.98 Å². The number of rotatable bonds is 8. The zero-order chi connectivity index (χ0) is 19.9. The predicted octanol–water partition coefficient (Wildman–Crippen LogP) is 2.88. The first kappa shape index (κ1) is 20.4. The van der Waals surface area contributed by atoms with E-state index >= 15 is 0 Å². The quantitative estimate of drug-likeness (QED) is 0.722. The maximum absolute atomic E-state index is 13.6. The Balaban J connectivity index is 1.51. The van der Waals surface area contributed by atoms with Crippen molar-refractivity contribution in [2.45, 2.75) is 57.4 Å². The molecular formula is C20H26F2N4O2. The molecule has 3 rings (SSSR count). The summed E-state index contributed by atoms with van der Waals surface area (Å²) in [6.45, 7) is 3.42. The first-order chi connectivity index (χ1) is 13.6. The minimum atomic E-state index is -0.860. The van der Waals surface area contributed by atoms with Crippen molar-refractivity contribution < 1.29 is 18.1 Å². The highest BCUT2D eigenvalue weighted by Crippen LogP contribution is 2.27. The van der Waals surface area contributed by atoms with Gasteiger partial charge in [-0.05, 0) is 43.5 Å². The Kier molecular flexibility index (Phi) is 7.08. The summed E-state index contributed by atoms with van der Waals surface area (Å²) in [6.07, 6.45) is 3.99. The number of benzene rings is 1. The van der Waals surface area contributed by atoms with Crippen LogP contribution in [0, 0.1) is 11.6 Å². The van der Waals surface area contributed by atoms with Gasteiger partial charge in [-0.25, -0.2) is 8.78 Å². The summed E-state index contributed by atoms with van der Waals surface area (Å²) in [5.74, 6) is -0.591. The Bertz CT molecular complexity index is 796. The van der Waals surface area contributed by atoms with Crippen LogP contribution in [0.2, 0.25) is 0 Å². The van der Waals surface area contributed by atoms with E-state index in [-0.39, 0.29) is 17.9 Å². The fraction of sp³-hybridized carbons (Fsp3) is 0.550. The third-order valence-electron chi connectivity index (χ3n) is 4.98. The number of carbonyl (C=O) groups excluding carboxylic acids is 1. The highest BCUT2D eigenvalue weighted by Gasteiger charge is 2.28. The summed E-state index contributed by atoms with van der Waals surface area (Å²) < 4.78 is 32.0. The summed E-state index contributed by atoms with van der Waals surface area (Å²) in [5.41, 5.74) is 0.708. The molecule has 2 aromatic rings. The first-order valence-electron chi connectivity index (χ1n) is 9.83. The van der Waals surface area contributed by atoms with Crippen molar-refractivity contribution in [3.63, 3.8) is 0 Å². The molecule has 1 saturated heterocycles. The lowest BCUT2D eigenvalue weighted by molar-refractivity contribution is -0.122. The molecule has 1 aromatic carbocycles. The second-order valence-electron chi connectivity index (χ2n) is 7.15. The Morgan fingerprint density at radius 3 is 2.96 bits per heavy atom. The third-order valence-corrected chi connectivity index (χ3v) is 4.98. The standard InChI is InChI=1S/C20H26F2N4O2/c1-2-4-18-25-20(28-26-18)6-3-5-19(27)24-17-12-23-10-9-14(17)13-7-8-15(21)16(22)11-13/h7-8,11,14,17,23H,2-6,9-10,12H2,1H3,(H,24,27). The fourth-order valence-electron chi connectivity index (χ4n) is 3.55. The molecule has 6 nitrogen and oxygen atoms in total. The van der Waals surface area contributed by atoms with Crippen LogP contribution in [0.4, 0.5) is 8.78 Å². The van der Waals surface area contributed by atoms with Crippen molar-refractivity contribution in [1.82, 2.24) is 20.8 Å². The zero-order valence-corrected chi connectivity index (χ0v) is 16.0. The lowest BCUT2D eigenvalue weighted by Gasteiger charge is -2.33. The van der Waals surface area contributed by atoms with E-state index in [2.05, 4.69) is 20.8 Å². The lowest BCUT2D eigenvalue weighted by Crippen LogP contribution is -2.50. The van der Waals surface area contributed by atoms with Crippen LogP contribution >= 0.6 is 0 Å². The van der Waals surface area contributed by atoms with Crippen molar-refractivity contribution in [2.24, 2.45) is 0 Å². The lowest BCUT2D eigenvalue weighted by atomic mass is 9.86. The molecule has 1 aromatic heterocycles. The molecule has 1 aliphatic rings. The summed E-state index contributed by atoms with van der Waals surface area (Å²) in [4.78, 5) is 16.7. The molecule has 0 aliphatic carbocycles. The number of hydrogen-bond donors (Lipinski definition) is 2. The molecular weight excluding hydrogens is 366 g/mol. The van der Waals surface area contributed by atoms with Crippen LogP contribution in [-0.4, -0.2) is 35.2 Å². The van der Waals surface area contributed by atoms with Crippen LogP contribution < -0.4 is 10.6 Å². The molecule has 152 valence electrons. The fourth-order valence-corrected chi connectivity index (χ4v) is 3.55. The van der Waals surface area contributed by atoms with Crippen molar-refractivity contribution in [1.29, 1.82) is 0 Å². The minimum absolute atomic E-state index is 0.0483. The Morgan fingerprint density at radius 2 is 2.18 bits per heavy atom. The van der Waals surface area contributed by atoms with Gasteiger partial charge in [0.25, 0.3) is 0 Å². The molecule has 0 radical (unpaired) electrons. The van der Waals surface area contributed by atoms with Crippen LogP contribution in [-0.2, 0) is 17.6 Å². The van der Waals surface area contributed by atoms with E-state index in [1.54, 1.807) is 6.07 Å². The molecule has 2 atom stereocenters. The highest BCUT2D eigenvalue weighted by molar-refractivity contribution is 5.76. The van der Waals surface area contributed by atoms with Crippen LogP contribution in [0.3, 0.4) is 0 Å². The molecule has 0 saturated carbocycles. The van der Waals surface area contributed by atoms with Gasteiger partial charge in [0.15, 0.2) is 17.5 Å². The topological polar surface area (TPSA) is 80.0 Å². The molecule has 2 heterocycles. The van der Waals surface area contributed by atoms with Gasteiger partial charge in [0.1, 0.15) is 0 Å².